The third-order valence-corrected chi connectivity index (χ3v) is 6.63. The van der Waals surface area contributed by atoms with Crippen LogP contribution >= 0.6 is 0 Å². The standard InChI is InChI=1S/C27H34N2O6/c1-4-27(5-2,25(31)32)29-24(30)15-18(34-6-3)16-28-26(33)35-17-23-21-13-9-7-11-19(21)20-12-8-10-14-22(20)23/h7-14,18,23H,4-6,15-17H2,1-3H3,(H,28,33)(H,29,30)(H,31,32). The second kappa shape index (κ2) is 11.8. The zero-order valence-corrected chi connectivity index (χ0v) is 20.5. The first-order valence-electron chi connectivity index (χ1n) is 12.1. The number of hydrogen-bond donors (Lipinski definition) is 3. The second-order valence-corrected chi connectivity index (χ2v) is 8.63. The van der Waals surface area contributed by atoms with Crippen molar-refractivity contribution in [1.29, 1.82) is 0 Å². The minimum atomic E-state index is -1.31. The Morgan fingerprint density at radius 2 is 1.54 bits per heavy atom. The van der Waals surface area contributed by atoms with E-state index in [0.29, 0.717) is 6.61 Å². The van der Waals surface area contributed by atoms with E-state index in [2.05, 4.69) is 34.9 Å². The van der Waals surface area contributed by atoms with Gasteiger partial charge in [0, 0.05) is 19.1 Å². The van der Waals surface area contributed by atoms with Gasteiger partial charge in [-0.1, -0.05) is 62.4 Å². The molecule has 1 aliphatic carbocycles. The topological polar surface area (TPSA) is 114 Å². The van der Waals surface area contributed by atoms with Gasteiger partial charge in [0.05, 0.1) is 12.5 Å². The van der Waals surface area contributed by atoms with Crippen LogP contribution in [0, 0.1) is 0 Å². The molecule has 0 spiro atoms. The summed E-state index contributed by atoms with van der Waals surface area (Å²) in [7, 11) is 0. The molecule has 188 valence electrons. The van der Waals surface area contributed by atoms with E-state index in [9.17, 15) is 19.5 Å². The molecule has 1 aliphatic rings. The minimum absolute atomic E-state index is 0.0474. The highest BCUT2D eigenvalue weighted by Gasteiger charge is 2.37. The molecule has 2 aromatic rings. The monoisotopic (exact) mass is 482 g/mol. The number of carbonyl (C=O) groups excluding carboxylic acids is 2. The summed E-state index contributed by atoms with van der Waals surface area (Å²) in [6.45, 7) is 5.82. The van der Waals surface area contributed by atoms with E-state index in [1.165, 1.54) is 0 Å². The molecule has 0 heterocycles. The van der Waals surface area contributed by atoms with Crippen LogP contribution in [0.25, 0.3) is 11.1 Å². The van der Waals surface area contributed by atoms with Crippen LogP contribution in [0.4, 0.5) is 4.79 Å². The van der Waals surface area contributed by atoms with Gasteiger partial charge in [-0.15, -0.1) is 0 Å². The fourth-order valence-corrected chi connectivity index (χ4v) is 4.58. The highest BCUT2D eigenvalue weighted by Crippen LogP contribution is 2.44. The predicted octanol–water partition coefficient (Wildman–Crippen LogP) is 4.08. The van der Waals surface area contributed by atoms with E-state index < -0.39 is 29.6 Å². The summed E-state index contributed by atoms with van der Waals surface area (Å²) < 4.78 is 11.1. The highest BCUT2D eigenvalue weighted by atomic mass is 16.5. The number of amides is 2. The summed E-state index contributed by atoms with van der Waals surface area (Å²) in [4.78, 5) is 36.7. The fraction of sp³-hybridized carbons (Fsp3) is 0.444. The van der Waals surface area contributed by atoms with Crippen molar-refractivity contribution >= 4 is 18.0 Å². The van der Waals surface area contributed by atoms with Gasteiger partial charge in [0.25, 0.3) is 0 Å². The van der Waals surface area contributed by atoms with E-state index in [1.54, 1.807) is 20.8 Å². The summed E-state index contributed by atoms with van der Waals surface area (Å²) in [6, 6.07) is 16.2. The quantitative estimate of drug-likeness (QED) is 0.420. The number of nitrogens with one attached hydrogen (secondary N) is 2. The van der Waals surface area contributed by atoms with Gasteiger partial charge >= 0.3 is 12.1 Å². The van der Waals surface area contributed by atoms with E-state index in [4.69, 9.17) is 9.47 Å². The Balaban J connectivity index is 1.55. The van der Waals surface area contributed by atoms with Gasteiger partial charge in [-0.25, -0.2) is 9.59 Å². The second-order valence-electron chi connectivity index (χ2n) is 8.63. The lowest BCUT2D eigenvalue weighted by Crippen LogP contribution is -2.54. The Hall–Kier alpha value is -3.39. The van der Waals surface area contributed by atoms with Gasteiger partial charge < -0.3 is 25.2 Å². The Morgan fingerprint density at radius 3 is 2.06 bits per heavy atom. The maximum absolute atomic E-state index is 12.5. The average Bonchev–Trinajstić information content (AvgIpc) is 3.18. The van der Waals surface area contributed by atoms with Crippen LogP contribution in [0.1, 0.15) is 57.1 Å². The number of aliphatic carboxylic acids is 1. The van der Waals surface area contributed by atoms with Crippen molar-refractivity contribution in [2.75, 3.05) is 19.8 Å². The van der Waals surface area contributed by atoms with Gasteiger partial charge in [0.1, 0.15) is 12.1 Å². The van der Waals surface area contributed by atoms with Gasteiger partial charge in [-0.3, -0.25) is 4.79 Å². The Bertz CT molecular complexity index is 1000. The van der Waals surface area contributed by atoms with Crippen LogP contribution < -0.4 is 10.6 Å². The van der Waals surface area contributed by atoms with Gasteiger partial charge in [-0.05, 0) is 42.0 Å². The molecule has 3 N–H and O–H groups in total. The molecule has 0 radical (unpaired) electrons. The summed E-state index contributed by atoms with van der Waals surface area (Å²) in [6.07, 6.45) is -0.754. The molecule has 35 heavy (non-hydrogen) atoms. The lowest BCUT2D eigenvalue weighted by Gasteiger charge is -2.29. The van der Waals surface area contributed by atoms with Crippen molar-refractivity contribution in [3.8, 4) is 11.1 Å². The fourth-order valence-electron chi connectivity index (χ4n) is 4.58. The van der Waals surface area contributed by atoms with Crippen molar-refractivity contribution in [1.82, 2.24) is 10.6 Å². The SMILES string of the molecule is CCOC(CNC(=O)OCC1c2ccccc2-c2ccccc21)CC(=O)NC(CC)(CC)C(=O)O. The van der Waals surface area contributed by atoms with Gasteiger partial charge in [-0.2, -0.15) is 0 Å². The zero-order valence-electron chi connectivity index (χ0n) is 20.5. The van der Waals surface area contributed by atoms with Crippen molar-refractivity contribution in [2.24, 2.45) is 0 Å². The molecular weight excluding hydrogens is 448 g/mol. The summed E-state index contributed by atoms with van der Waals surface area (Å²) in [5.74, 6) is -1.56. The Kier molecular flexibility index (Phi) is 8.87. The lowest BCUT2D eigenvalue weighted by molar-refractivity contribution is -0.148. The number of ether oxygens (including phenoxy) is 2. The third-order valence-electron chi connectivity index (χ3n) is 6.63. The number of carboxylic acids is 1. The summed E-state index contributed by atoms with van der Waals surface area (Å²) >= 11 is 0. The number of benzene rings is 2. The maximum Gasteiger partial charge on any atom is 0.407 e. The van der Waals surface area contributed by atoms with Crippen molar-refractivity contribution in [2.45, 2.75) is 57.6 Å². The van der Waals surface area contributed by atoms with E-state index >= 15 is 0 Å². The molecule has 0 fully saturated rings. The lowest BCUT2D eigenvalue weighted by atomic mass is 9.92. The number of rotatable bonds is 12. The molecule has 1 atom stereocenters. The molecule has 8 heteroatoms. The Labute approximate surface area is 206 Å². The van der Waals surface area contributed by atoms with E-state index in [-0.39, 0.29) is 38.3 Å². The molecule has 0 saturated carbocycles. The third kappa shape index (κ3) is 6.00. The molecule has 2 aromatic carbocycles. The van der Waals surface area contributed by atoms with Gasteiger partial charge in [0.2, 0.25) is 5.91 Å². The van der Waals surface area contributed by atoms with Crippen molar-refractivity contribution < 1.29 is 29.0 Å². The summed E-state index contributed by atoms with van der Waals surface area (Å²) in [5.41, 5.74) is 3.24. The molecule has 0 aromatic heterocycles. The van der Waals surface area contributed by atoms with Gasteiger partial charge in [0.15, 0.2) is 0 Å². The van der Waals surface area contributed by atoms with Crippen molar-refractivity contribution in [3.63, 3.8) is 0 Å². The average molecular weight is 483 g/mol. The van der Waals surface area contributed by atoms with E-state index in [1.807, 2.05) is 24.3 Å². The van der Waals surface area contributed by atoms with Crippen LogP contribution in [-0.2, 0) is 19.1 Å². The molecule has 0 saturated heterocycles. The molecule has 3 rings (SSSR count). The largest absolute Gasteiger partial charge is 0.480 e. The highest BCUT2D eigenvalue weighted by molar-refractivity contribution is 5.87. The van der Waals surface area contributed by atoms with Crippen molar-refractivity contribution in [3.05, 3.63) is 59.7 Å². The molecule has 0 aliphatic heterocycles. The first-order valence-corrected chi connectivity index (χ1v) is 12.1. The molecule has 0 bridgehead atoms. The van der Waals surface area contributed by atoms with Crippen LogP contribution in [-0.4, -0.2) is 54.5 Å². The Morgan fingerprint density at radius 1 is 0.971 bits per heavy atom. The van der Waals surface area contributed by atoms with Crippen LogP contribution in [0.15, 0.2) is 48.5 Å². The number of carbonyl (C=O) groups is 3. The first-order chi connectivity index (χ1) is 16.8. The number of carboxylic acid groups (broad SMARTS) is 1. The summed E-state index contributed by atoms with van der Waals surface area (Å²) in [5, 5.41) is 14.8. The smallest absolute Gasteiger partial charge is 0.407 e. The normalized spacial score (nSPS) is 13.5. The van der Waals surface area contributed by atoms with Crippen LogP contribution in [0.5, 0.6) is 0 Å². The number of alkyl carbamates (subject to hydrolysis) is 1. The molecular formula is C27H34N2O6. The minimum Gasteiger partial charge on any atom is -0.480 e. The number of hydrogen-bond acceptors (Lipinski definition) is 5. The predicted molar refractivity (Wildman–Crippen MR) is 132 cm³/mol. The van der Waals surface area contributed by atoms with Crippen LogP contribution in [0.3, 0.4) is 0 Å². The maximum atomic E-state index is 12.5. The molecule has 1 unspecified atom stereocenters. The first kappa shape index (κ1) is 26.2. The van der Waals surface area contributed by atoms with E-state index in [0.717, 1.165) is 22.3 Å². The molecule has 8 nitrogen and oxygen atoms in total. The number of fused-ring (bicyclic) bond motifs is 3. The zero-order chi connectivity index (χ0) is 25.4. The van der Waals surface area contributed by atoms with Crippen LogP contribution in [0.2, 0.25) is 0 Å². The molecule has 2 amide bonds.